The van der Waals surface area contributed by atoms with E-state index in [0.29, 0.717) is 24.2 Å². The highest BCUT2D eigenvalue weighted by Crippen LogP contribution is 2.66. The Labute approximate surface area is 200 Å². The number of carbonyl (C=O) groups is 2. The van der Waals surface area contributed by atoms with Gasteiger partial charge < -0.3 is 9.84 Å². The van der Waals surface area contributed by atoms with Gasteiger partial charge in [0.1, 0.15) is 6.10 Å². The average molecular weight is 488 g/mol. The molecule has 4 aliphatic rings. The minimum Gasteiger partial charge on any atom is -0.504 e. The number of carbonyl (C=O) groups excluding carboxylic acids is 2. The maximum atomic E-state index is 13.0. The number of fused-ring (bicyclic) bond motifs is 5. The second-order valence-corrected chi connectivity index (χ2v) is 12.7. The second-order valence-electron chi connectivity index (χ2n) is 11.2. The molecular formula is C26H33NO6S. The monoisotopic (exact) mass is 487 g/mol. The zero-order chi connectivity index (χ0) is 24.5. The number of rotatable bonds is 3. The van der Waals surface area contributed by atoms with Crippen molar-refractivity contribution in [1.29, 1.82) is 0 Å². The average Bonchev–Trinajstić information content (AvgIpc) is 3.12. The number of nitrogens with two attached hydrogens (primary N) is 1. The Morgan fingerprint density at radius 3 is 2.59 bits per heavy atom. The first-order valence-corrected chi connectivity index (χ1v) is 13.8. The number of Topliss-reactive ketones (excluding diaryl/α,β-unsaturated/α-hetero) is 1. The van der Waals surface area contributed by atoms with Crippen LogP contribution in [0.25, 0.3) is 0 Å². The number of aliphatic hydroxyl groups excluding tert-OH is 1. The number of ketones is 1. The van der Waals surface area contributed by atoms with E-state index < -0.39 is 16.0 Å². The smallest absolute Gasteiger partial charge is 0.338 e. The molecule has 0 spiro atoms. The van der Waals surface area contributed by atoms with E-state index in [9.17, 15) is 23.1 Å². The standard InChI is InChI=1S/C26H33NO6S/c1-25-13-11-21(28)23(29)20(25)7-6-17-18-8-9-22(26(18,2)12-10-19(17)25)33-24(30)15-4-3-5-16(14-15)34(27,31)32/h3-5,14,17-19,22,29H,6-13H2,1-2H3,(H2,27,31,32)/t17?,18?,19?,22-,25+,26-/m0/s1. The van der Waals surface area contributed by atoms with Gasteiger partial charge in [0.2, 0.25) is 10.0 Å². The molecule has 184 valence electrons. The molecule has 8 heteroatoms. The van der Waals surface area contributed by atoms with Crippen LogP contribution in [-0.2, 0) is 19.6 Å². The van der Waals surface area contributed by atoms with E-state index in [0.717, 1.165) is 50.5 Å². The summed E-state index contributed by atoms with van der Waals surface area (Å²) < 4.78 is 29.4. The molecule has 0 radical (unpaired) electrons. The van der Waals surface area contributed by atoms with E-state index in [1.54, 1.807) is 6.07 Å². The molecule has 0 bridgehead atoms. The van der Waals surface area contributed by atoms with E-state index in [1.807, 2.05) is 0 Å². The lowest BCUT2D eigenvalue weighted by atomic mass is 9.47. The highest BCUT2D eigenvalue weighted by molar-refractivity contribution is 7.89. The maximum absolute atomic E-state index is 13.0. The molecule has 3 saturated carbocycles. The highest BCUT2D eigenvalue weighted by Gasteiger charge is 2.60. The SMILES string of the molecule is C[C@]12CCC(=O)C(O)=C1CCC1C2CC[C@@]2(C)C1CC[C@@H]2OC(=O)c1cccc(S(N)(=O)=O)c1. The number of ether oxygens (including phenoxy) is 1. The molecule has 1 aromatic carbocycles. The lowest BCUT2D eigenvalue weighted by Crippen LogP contribution is -2.52. The Morgan fingerprint density at radius 2 is 1.85 bits per heavy atom. The van der Waals surface area contributed by atoms with Gasteiger partial charge in [0.05, 0.1) is 10.5 Å². The van der Waals surface area contributed by atoms with Crippen LogP contribution >= 0.6 is 0 Å². The largest absolute Gasteiger partial charge is 0.504 e. The van der Waals surface area contributed by atoms with Crippen LogP contribution in [-0.4, -0.2) is 31.4 Å². The number of hydrogen-bond donors (Lipinski definition) is 2. The van der Waals surface area contributed by atoms with Gasteiger partial charge in [-0.2, -0.15) is 0 Å². The molecule has 0 heterocycles. The Morgan fingerprint density at radius 1 is 1.09 bits per heavy atom. The molecule has 0 amide bonds. The highest BCUT2D eigenvalue weighted by atomic mass is 32.2. The number of allylic oxidation sites excluding steroid dienone is 1. The van der Waals surface area contributed by atoms with Crippen molar-refractivity contribution in [3.05, 3.63) is 41.2 Å². The maximum Gasteiger partial charge on any atom is 0.338 e. The number of hydrogen-bond acceptors (Lipinski definition) is 6. The third kappa shape index (κ3) is 3.52. The zero-order valence-electron chi connectivity index (χ0n) is 19.7. The number of primary sulfonamides is 1. The quantitative estimate of drug-likeness (QED) is 0.614. The molecule has 0 aromatic heterocycles. The van der Waals surface area contributed by atoms with Gasteiger partial charge in [0, 0.05) is 11.8 Å². The van der Waals surface area contributed by atoms with Crippen molar-refractivity contribution in [2.45, 2.75) is 76.2 Å². The summed E-state index contributed by atoms with van der Waals surface area (Å²) in [5.41, 5.74) is 0.878. The lowest BCUT2D eigenvalue weighted by molar-refractivity contribution is -0.122. The van der Waals surface area contributed by atoms with Crippen molar-refractivity contribution >= 4 is 21.8 Å². The van der Waals surface area contributed by atoms with Crippen molar-refractivity contribution in [2.24, 2.45) is 33.7 Å². The van der Waals surface area contributed by atoms with Crippen LogP contribution in [0.1, 0.15) is 75.6 Å². The Bertz CT molecular complexity index is 1190. The van der Waals surface area contributed by atoms with Crippen LogP contribution in [0, 0.1) is 28.6 Å². The molecule has 3 unspecified atom stereocenters. The van der Waals surface area contributed by atoms with Crippen LogP contribution < -0.4 is 5.14 Å². The lowest BCUT2D eigenvalue weighted by Gasteiger charge is -2.57. The summed E-state index contributed by atoms with van der Waals surface area (Å²) in [5, 5.41) is 15.7. The fraction of sp³-hybridized carbons (Fsp3) is 0.615. The third-order valence-electron chi connectivity index (χ3n) is 9.65. The summed E-state index contributed by atoms with van der Waals surface area (Å²) in [4.78, 5) is 25.0. The van der Waals surface area contributed by atoms with Crippen molar-refractivity contribution in [2.75, 3.05) is 0 Å². The molecule has 4 aliphatic carbocycles. The molecule has 7 nitrogen and oxygen atoms in total. The number of benzene rings is 1. The minimum atomic E-state index is -3.90. The molecule has 3 N–H and O–H groups in total. The molecular weight excluding hydrogens is 454 g/mol. The first-order valence-electron chi connectivity index (χ1n) is 12.2. The topological polar surface area (TPSA) is 124 Å². The zero-order valence-corrected chi connectivity index (χ0v) is 20.6. The van der Waals surface area contributed by atoms with E-state index in [4.69, 9.17) is 9.88 Å². The summed E-state index contributed by atoms with van der Waals surface area (Å²) in [6, 6.07) is 5.69. The number of aliphatic hydroxyl groups is 1. The fourth-order valence-corrected chi connectivity index (χ4v) is 8.39. The predicted octanol–water partition coefficient (Wildman–Crippen LogP) is 4.28. The van der Waals surface area contributed by atoms with E-state index in [-0.39, 0.29) is 38.9 Å². The van der Waals surface area contributed by atoms with Crippen LogP contribution in [0.3, 0.4) is 0 Å². The van der Waals surface area contributed by atoms with Gasteiger partial charge in [-0.25, -0.2) is 18.4 Å². The van der Waals surface area contributed by atoms with E-state index >= 15 is 0 Å². The molecule has 0 saturated heterocycles. The van der Waals surface area contributed by atoms with Gasteiger partial charge in [-0.15, -0.1) is 0 Å². The molecule has 34 heavy (non-hydrogen) atoms. The third-order valence-corrected chi connectivity index (χ3v) is 10.6. The summed E-state index contributed by atoms with van der Waals surface area (Å²) >= 11 is 0. The van der Waals surface area contributed by atoms with Gasteiger partial charge in [0.15, 0.2) is 11.5 Å². The minimum absolute atomic E-state index is 0.0143. The van der Waals surface area contributed by atoms with E-state index in [2.05, 4.69) is 13.8 Å². The molecule has 1 aromatic rings. The van der Waals surface area contributed by atoms with Crippen molar-refractivity contribution in [3.8, 4) is 0 Å². The van der Waals surface area contributed by atoms with Crippen LogP contribution in [0.5, 0.6) is 0 Å². The van der Waals surface area contributed by atoms with Gasteiger partial charge in [-0.05, 0) is 91.9 Å². The van der Waals surface area contributed by atoms with Crippen LogP contribution in [0.15, 0.2) is 40.5 Å². The Balaban J connectivity index is 1.36. The molecule has 3 fully saturated rings. The van der Waals surface area contributed by atoms with Crippen molar-refractivity contribution in [1.82, 2.24) is 0 Å². The van der Waals surface area contributed by atoms with Gasteiger partial charge in [-0.1, -0.05) is 19.9 Å². The summed E-state index contributed by atoms with van der Waals surface area (Å²) in [6.45, 7) is 4.46. The summed E-state index contributed by atoms with van der Waals surface area (Å²) in [7, 11) is -3.90. The predicted molar refractivity (Wildman–Crippen MR) is 125 cm³/mol. The molecule has 0 aliphatic heterocycles. The first kappa shape index (κ1) is 23.5. The second kappa shape index (κ2) is 7.92. The molecule has 5 rings (SSSR count). The summed E-state index contributed by atoms with van der Waals surface area (Å²) in [5.74, 6) is 0.689. The van der Waals surface area contributed by atoms with E-state index in [1.165, 1.54) is 18.2 Å². The van der Waals surface area contributed by atoms with Crippen LogP contribution in [0.4, 0.5) is 0 Å². The van der Waals surface area contributed by atoms with Crippen LogP contribution in [0.2, 0.25) is 0 Å². The van der Waals surface area contributed by atoms with Gasteiger partial charge in [-0.3, -0.25) is 4.79 Å². The number of sulfonamides is 1. The Hall–Kier alpha value is -2.19. The fourth-order valence-electron chi connectivity index (χ4n) is 7.83. The Kier molecular flexibility index (Phi) is 5.48. The van der Waals surface area contributed by atoms with Crippen molar-refractivity contribution < 1.29 is 27.9 Å². The van der Waals surface area contributed by atoms with Gasteiger partial charge >= 0.3 is 5.97 Å². The number of esters is 1. The first-order chi connectivity index (χ1) is 15.9. The van der Waals surface area contributed by atoms with Crippen molar-refractivity contribution in [3.63, 3.8) is 0 Å². The molecule has 6 atom stereocenters. The summed E-state index contributed by atoms with van der Waals surface area (Å²) in [6.07, 6.45) is 6.36. The van der Waals surface area contributed by atoms with Gasteiger partial charge in [0.25, 0.3) is 0 Å². The normalized spacial score (nSPS) is 37.6.